The highest BCUT2D eigenvalue weighted by atomic mass is 32.2. The minimum atomic E-state index is -3.69. The van der Waals surface area contributed by atoms with Crippen molar-refractivity contribution in [2.24, 2.45) is 0 Å². The largest absolute Gasteiger partial charge is 0.354 e. The molecule has 0 spiro atoms. The molecule has 4 rings (SSSR count). The molecule has 1 aliphatic rings. The molecule has 3 aromatic rings. The highest BCUT2D eigenvalue weighted by Gasteiger charge is 2.31. The normalized spacial score (nSPS) is 15.9. The van der Waals surface area contributed by atoms with Gasteiger partial charge in [-0.25, -0.2) is 18.0 Å². The molecule has 26 heavy (non-hydrogen) atoms. The van der Waals surface area contributed by atoms with E-state index in [0.29, 0.717) is 37.3 Å². The molecule has 1 saturated heterocycles. The lowest BCUT2D eigenvalue weighted by Gasteiger charge is -2.34. The summed E-state index contributed by atoms with van der Waals surface area (Å²) < 4.78 is 32.0. The van der Waals surface area contributed by atoms with Gasteiger partial charge in [0.05, 0.1) is 5.56 Å². The maximum Gasteiger partial charge on any atom is 0.245 e. The molecule has 0 bridgehead atoms. The van der Waals surface area contributed by atoms with Crippen molar-refractivity contribution in [3.63, 3.8) is 0 Å². The quantitative estimate of drug-likeness (QED) is 0.670. The molecule has 3 heterocycles. The highest BCUT2D eigenvalue weighted by molar-refractivity contribution is 7.89. The zero-order chi connectivity index (χ0) is 18.1. The van der Waals surface area contributed by atoms with E-state index in [1.807, 2.05) is 11.0 Å². The van der Waals surface area contributed by atoms with Crippen molar-refractivity contribution in [2.75, 3.05) is 31.1 Å². The molecule has 0 atom stereocenters. The predicted octanol–water partition coefficient (Wildman–Crippen LogP) is 1.00. The zero-order valence-corrected chi connectivity index (χ0v) is 14.4. The number of aromatic nitrogens is 3. The van der Waals surface area contributed by atoms with Crippen LogP contribution in [-0.2, 0) is 10.0 Å². The standard InChI is InChI=1S/C16H14N6O3S/c17-10-12-4-5-15(18-11-12)21-6-8-22(9-7-21)26(23,24)14-3-1-2-13-16(14)20-25-19-13/h1-5,11H,6-9H2. The molecule has 0 unspecified atom stereocenters. The summed E-state index contributed by atoms with van der Waals surface area (Å²) in [5.41, 5.74) is 1.14. The van der Waals surface area contributed by atoms with Gasteiger partial charge in [0.25, 0.3) is 0 Å². The Morgan fingerprint density at radius 3 is 2.58 bits per heavy atom. The van der Waals surface area contributed by atoms with Crippen molar-refractivity contribution < 1.29 is 13.0 Å². The number of anilines is 1. The van der Waals surface area contributed by atoms with Crippen LogP contribution in [0, 0.1) is 11.3 Å². The molecule has 1 aliphatic heterocycles. The van der Waals surface area contributed by atoms with Gasteiger partial charge >= 0.3 is 0 Å². The van der Waals surface area contributed by atoms with Crippen LogP contribution in [-0.4, -0.2) is 54.2 Å². The zero-order valence-electron chi connectivity index (χ0n) is 13.6. The Kier molecular flexibility index (Phi) is 4.02. The molecule has 10 heteroatoms. The summed E-state index contributed by atoms with van der Waals surface area (Å²) in [5, 5.41) is 16.3. The topological polar surface area (TPSA) is 116 Å². The lowest BCUT2D eigenvalue weighted by Crippen LogP contribution is -2.48. The van der Waals surface area contributed by atoms with E-state index in [-0.39, 0.29) is 10.4 Å². The van der Waals surface area contributed by atoms with Gasteiger partial charge in [0.1, 0.15) is 22.3 Å². The van der Waals surface area contributed by atoms with Crippen molar-refractivity contribution >= 4 is 26.9 Å². The van der Waals surface area contributed by atoms with Gasteiger partial charge in [-0.05, 0) is 34.6 Å². The van der Waals surface area contributed by atoms with Gasteiger partial charge in [0.2, 0.25) is 10.0 Å². The summed E-state index contributed by atoms with van der Waals surface area (Å²) in [7, 11) is -3.69. The Labute approximate surface area is 149 Å². The third kappa shape index (κ3) is 2.77. The van der Waals surface area contributed by atoms with E-state index in [1.165, 1.54) is 16.6 Å². The van der Waals surface area contributed by atoms with Crippen LogP contribution in [0.2, 0.25) is 0 Å². The lowest BCUT2D eigenvalue weighted by molar-refractivity contribution is 0.315. The first-order valence-electron chi connectivity index (χ1n) is 7.92. The molecule has 1 aromatic carbocycles. The fourth-order valence-electron chi connectivity index (χ4n) is 2.93. The van der Waals surface area contributed by atoms with Crippen molar-refractivity contribution in [3.05, 3.63) is 42.1 Å². The summed E-state index contributed by atoms with van der Waals surface area (Å²) in [6.45, 7) is 1.66. The van der Waals surface area contributed by atoms with Gasteiger partial charge in [-0.3, -0.25) is 0 Å². The van der Waals surface area contributed by atoms with Crippen LogP contribution in [0.1, 0.15) is 5.56 Å². The number of piperazine rings is 1. The van der Waals surface area contributed by atoms with Crippen molar-refractivity contribution in [3.8, 4) is 6.07 Å². The number of hydrogen-bond acceptors (Lipinski definition) is 8. The van der Waals surface area contributed by atoms with E-state index in [2.05, 4.69) is 19.9 Å². The van der Waals surface area contributed by atoms with Gasteiger partial charge < -0.3 is 4.90 Å². The second-order valence-electron chi connectivity index (χ2n) is 5.80. The van der Waals surface area contributed by atoms with Crippen LogP contribution < -0.4 is 4.90 Å². The van der Waals surface area contributed by atoms with Crippen molar-refractivity contribution in [1.29, 1.82) is 5.26 Å². The molecule has 0 N–H and O–H groups in total. The Hall–Kier alpha value is -3.03. The Morgan fingerprint density at radius 2 is 1.88 bits per heavy atom. The highest BCUT2D eigenvalue weighted by Crippen LogP contribution is 2.25. The van der Waals surface area contributed by atoms with E-state index >= 15 is 0 Å². The van der Waals surface area contributed by atoms with Crippen molar-refractivity contribution in [1.82, 2.24) is 19.6 Å². The summed E-state index contributed by atoms with van der Waals surface area (Å²) in [4.78, 5) is 6.35. The van der Waals surface area contributed by atoms with Crippen LogP contribution in [0.15, 0.2) is 46.1 Å². The number of nitriles is 1. The number of rotatable bonds is 3. The smallest absolute Gasteiger partial charge is 0.245 e. The van der Waals surface area contributed by atoms with E-state index in [9.17, 15) is 8.42 Å². The minimum absolute atomic E-state index is 0.0983. The number of benzene rings is 1. The van der Waals surface area contributed by atoms with Gasteiger partial charge in [0.15, 0.2) is 5.52 Å². The van der Waals surface area contributed by atoms with E-state index in [0.717, 1.165) is 5.82 Å². The first-order valence-corrected chi connectivity index (χ1v) is 9.36. The fraction of sp³-hybridized carbons (Fsp3) is 0.250. The first kappa shape index (κ1) is 16.4. The maximum atomic E-state index is 13.0. The van der Waals surface area contributed by atoms with Crippen LogP contribution in [0.25, 0.3) is 11.0 Å². The third-order valence-corrected chi connectivity index (χ3v) is 6.24. The average Bonchev–Trinajstić information content (AvgIpc) is 3.17. The van der Waals surface area contributed by atoms with Gasteiger partial charge in [-0.2, -0.15) is 9.57 Å². The molecule has 9 nitrogen and oxygen atoms in total. The number of hydrogen-bond donors (Lipinski definition) is 0. The average molecular weight is 370 g/mol. The predicted molar refractivity (Wildman–Crippen MR) is 91.7 cm³/mol. The summed E-state index contributed by atoms with van der Waals surface area (Å²) in [6, 6.07) is 10.3. The number of pyridine rings is 1. The lowest BCUT2D eigenvalue weighted by atomic mass is 10.3. The van der Waals surface area contributed by atoms with Crippen molar-refractivity contribution in [2.45, 2.75) is 4.90 Å². The maximum absolute atomic E-state index is 13.0. The summed E-state index contributed by atoms with van der Waals surface area (Å²) in [6.07, 6.45) is 1.51. The Bertz CT molecular complexity index is 1080. The summed E-state index contributed by atoms with van der Waals surface area (Å²) >= 11 is 0. The molecular weight excluding hydrogens is 356 g/mol. The van der Waals surface area contributed by atoms with Gasteiger partial charge in [-0.15, -0.1) is 0 Å². The first-order chi connectivity index (χ1) is 12.6. The van der Waals surface area contributed by atoms with Crippen LogP contribution in [0.5, 0.6) is 0 Å². The molecule has 0 saturated carbocycles. The molecule has 0 radical (unpaired) electrons. The van der Waals surface area contributed by atoms with Gasteiger partial charge in [0, 0.05) is 32.4 Å². The molecular formula is C16H14N6O3S. The molecule has 0 amide bonds. The molecule has 2 aromatic heterocycles. The molecule has 1 fully saturated rings. The minimum Gasteiger partial charge on any atom is -0.354 e. The van der Waals surface area contributed by atoms with E-state index in [4.69, 9.17) is 5.26 Å². The number of sulfonamides is 1. The fourth-order valence-corrected chi connectivity index (χ4v) is 4.48. The second-order valence-corrected chi connectivity index (χ2v) is 7.70. The van der Waals surface area contributed by atoms with Gasteiger partial charge in [-0.1, -0.05) is 6.07 Å². The van der Waals surface area contributed by atoms with Crippen LogP contribution in [0.4, 0.5) is 5.82 Å². The van der Waals surface area contributed by atoms with E-state index < -0.39 is 10.0 Å². The number of fused-ring (bicyclic) bond motifs is 1. The monoisotopic (exact) mass is 370 g/mol. The Morgan fingerprint density at radius 1 is 1.08 bits per heavy atom. The molecule has 132 valence electrons. The third-order valence-electron chi connectivity index (χ3n) is 4.31. The Balaban J connectivity index is 1.53. The van der Waals surface area contributed by atoms with E-state index in [1.54, 1.807) is 24.3 Å². The summed E-state index contributed by atoms with van der Waals surface area (Å²) in [5.74, 6) is 0.726. The van der Waals surface area contributed by atoms with Crippen LogP contribution >= 0.6 is 0 Å². The second kappa shape index (κ2) is 6.36. The molecule has 0 aliphatic carbocycles. The van der Waals surface area contributed by atoms with Crippen LogP contribution in [0.3, 0.4) is 0 Å². The number of nitrogens with zero attached hydrogens (tertiary/aromatic N) is 6. The SMILES string of the molecule is N#Cc1ccc(N2CCN(S(=O)(=O)c3cccc4nonc34)CC2)nc1.